The molecule has 0 radical (unpaired) electrons. The van der Waals surface area contributed by atoms with E-state index in [1.165, 1.54) is 0 Å². The molecule has 4 nitrogen and oxygen atoms in total. The van der Waals surface area contributed by atoms with Crippen molar-refractivity contribution in [2.45, 2.75) is 71.3 Å². The third-order valence-electron chi connectivity index (χ3n) is 4.08. The molecule has 0 bridgehead atoms. The Kier molecular flexibility index (Phi) is 5.63. The summed E-state index contributed by atoms with van der Waals surface area (Å²) in [7, 11) is 0. The standard InChI is InChI=1S/C14H25NO3/c1-3-11(4-2)15-12(16)9-14(10-13(17)18)7-5-6-8-14/h11H,3-10H2,1-2H3,(H,15,16)(H,17,18). The van der Waals surface area contributed by atoms with E-state index in [1.807, 2.05) is 0 Å². The van der Waals surface area contributed by atoms with Gasteiger partial charge in [0.05, 0.1) is 6.42 Å². The van der Waals surface area contributed by atoms with Crippen LogP contribution in [0.3, 0.4) is 0 Å². The molecule has 0 heterocycles. The number of carbonyl (C=O) groups excluding carboxylic acids is 1. The summed E-state index contributed by atoms with van der Waals surface area (Å²) in [5, 5.41) is 12.0. The van der Waals surface area contributed by atoms with Gasteiger partial charge in [0.2, 0.25) is 5.91 Å². The van der Waals surface area contributed by atoms with Gasteiger partial charge in [-0.1, -0.05) is 26.7 Å². The topological polar surface area (TPSA) is 66.4 Å². The van der Waals surface area contributed by atoms with E-state index in [0.29, 0.717) is 6.42 Å². The van der Waals surface area contributed by atoms with E-state index >= 15 is 0 Å². The van der Waals surface area contributed by atoms with E-state index in [9.17, 15) is 9.59 Å². The first kappa shape index (κ1) is 15.0. The van der Waals surface area contributed by atoms with Crippen molar-refractivity contribution < 1.29 is 14.7 Å². The van der Waals surface area contributed by atoms with Gasteiger partial charge in [0.15, 0.2) is 0 Å². The molecule has 0 atom stereocenters. The van der Waals surface area contributed by atoms with Crippen molar-refractivity contribution in [1.82, 2.24) is 5.32 Å². The third-order valence-corrected chi connectivity index (χ3v) is 4.08. The molecule has 104 valence electrons. The van der Waals surface area contributed by atoms with Crippen LogP contribution in [0.15, 0.2) is 0 Å². The van der Waals surface area contributed by atoms with Gasteiger partial charge in [-0.3, -0.25) is 9.59 Å². The molecule has 18 heavy (non-hydrogen) atoms. The van der Waals surface area contributed by atoms with Gasteiger partial charge >= 0.3 is 5.97 Å². The van der Waals surface area contributed by atoms with Gasteiger partial charge in [0.25, 0.3) is 0 Å². The molecule has 1 amide bonds. The average molecular weight is 255 g/mol. The molecule has 0 spiro atoms. The first-order valence-corrected chi connectivity index (χ1v) is 7.02. The van der Waals surface area contributed by atoms with Crippen LogP contribution >= 0.6 is 0 Å². The van der Waals surface area contributed by atoms with Gasteiger partial charge in [-0.05, 0) is 31.1 Å². The molecule has 0 saturated heterocycles. The fourth-order valence-corrected chi connectivity index (χ4v) is 2.97. The molecule has 4 heteroatoms. The fraction of sp³-hybridized carbons (Fsp3) is 0.857. The Hall–Kier alpha value is -1.06. The van der Waals surface area contributed by atoms with E-state index < -0.39 is 5.97 Å². The number of hydrogen-bond acceptors (Lipinski definition) is 2. The van der Waals surface area contributed by atoms with Crippen molar-refractivity contribution in [2.24, 2.45) is 5.41 Å². The van der Waals surface area contributed by atoms with E-state index in [2.05, 4.69) is 19.2 Å². The minimum atomic E-state index is -0.785. The Morgan fingerprint density at radius 3 is 2.17 bits per heavy atom. The van der Waals surface area contributed by atoms with E-state index in [-0.39, 0.29) is 23.8 Å². The van der Waals surface area contributed by atoms with E-state index in [0.717, 1.165) is 38.5 Å². The average Bonchev–Trinajstić information content (AvgIpc) is 2.73. The highest BCUT2D eigenvalue weighted by Crippen LogP contribution is 2.44. The molecule has 0 aromatic rings. The maximum absolute atomic E-state index is 12.0. The normalized spacial score (nSPS) is 17.9. The van der Waals surface area contributed by atoms with Crippen molar-refractivity contribution in [2.75, 3.05) is 0 Å². The SMILES string of the molecule is CCC(CC)NC(=O)CC1(CC(=O)O)CCCC1. The predicted molar refractivity (Wildman–Crippen MR) is 70.3 cm³/mol. The molecule has 1 fully saturated rings. The van der Waals surface area contributed by atoms with Gasteiger partial charge in [-0.15, -0.1) is 0 Å². The van der Waals surface area contributed by atoms with Gasteiger partial charge < -0.3 is 10.4 Å². The van der Waals surface area contributed by atoms with Gasteiger partial charge in [0, 0.05) is 12.5 Å². The number of hydrogen-bond donors (Lipinski definition) is 2. The number of amides is 1. The van der Waals surface area contributed by atoms with E-state index in [4.69, 9.17) is 5.11 Å². The smallest absolute Gasteiger partial charge is 0.303 e. The monoisotopic (exact) mass is 255 g/mol. The fourth-order valence-electron chi connectivity index (χ4n) is 2.97. The van der Waals surface area contributed by atoms with Gasteiger partial charge in [-0.2, -0.15) is 0 Å². The van der Waals surface area contributed by atoms with Crippen LogP contribution < -0.4 is 5.32 Å². The summed E-state index contributed by atoms with van der Waals surface area (Å²) in [6.45, 7) is 4.11. The molecule has 1 rings (SSSR count). The molecule has 0 aromatic carbocycles. The molecule has 1 saturated carbocycles. The van der Waals surface area contributed by atoms with E-state index in [1.54, 1.807) is 0 Å². The summed E-state index contributed by atoms with van der Waals surface area (Å²) in [6.07, 6.45) is 6.18. The summed E-state index contributed by atoms with van der Waals surface area (Å²) in [5.74, 6) is -0.765. The first-order chi connectivity index (χ1) is 8.51. The highest BCUT2D eigenvalue weighted by molar-refractivity contribution is 5.78. The van der Waals surface area contributed by atoms with Crippen molar-refractivity contribution in [3.8, 4) is 0 Å². The number of carboxylic acid groups (broad SMARTS) is 1. The van der Waals surface area contributed by atoms with Crippen LogP contribution in [-0.4, -0.2) is 23.0 Å². The Labute approximate surface area is 109 Å². The zero-order chi connectivity index (χ0) is 13.6. The lowest BCUT2D eigenvalue weighted by atomic mass is 9.79. The van der Waals surface area contributed by atoms with Crippen LogP contribution in [0.5, 0.6) is 0 Å². The van der Waals surface area contributed by atoms with Crippen LogP contribution in [0.2, 0.25) is 0 Å². The number of aliphatic carboxylic acids is 1. The minimum Gasteiger partial charge on any atom is -0.481 e. The lowest BCUT2D eigenvalue weighted by Gasteiger charge is -2.27. The largest absolute Gasteiger partial charge is 0.481 e. The molecular formula is C14H25NO3. The molecule has 2 N–H and O–H groups in total. The lowest BCUT2D eigenvalue weighted by Crippen LogP contribution is -2.37. The summed E-state index contributed by atoms with van der Waals surface area (Å²) < 4.78 is 0. The first-order valence-electron chi connectivity index (χ1n) is 7.02. The number of nitrogens with one attached hydrogen (secondary N) is 1. The Morgan fingerprint density at radius 2 is 1.72 bits per heavy atom. The Balaban J connectivity index is 2.55. The van der Waals surface area contributed by atoms with Crippen LogP contribution in [0.1, 0.15) is 65.2 Å². The van der Waals surface area contributed by atoms with Crippen molar-refractivity contribution in [3.63, 3.8) is 0 Å². The molecule has 1 aliphatic rings. The van der Waals surface area contributed by atoms with Gasteiger partial charge in [-0.25, -0.2) is 0 Å². The Bertz CT molecular complexity index is 291. The maximum Gasteiger partial charge on any atom is 0.303 e. The van der Waals surface area contributed by atoms with Crippen molar-refractivity contribution in [3.05, 3.63) is 0 Å². The zero-order valence-electron chi connectivity index (χ0n) is 11.5. The van der Waals surface area contributed by atoms with Crippen molar-refractivity contribution >= 4 is 11.9 Å². The number of carbonyl (C=O) groups is 2. The minimum absolute atomic E-state index is 0.0202. The van der Waals surface area contributed by atoms with Crippen LogP contribution in [0.4, 0.5) is 0 Å². The molecular weight excluding hydrogens is 230 g/mol. The number of carboxylic acids is 1. The summed E-state index contributed by atoms with van der Waals surface area (Å²) in [5.41, 5.74) is -0.290. The van der Waals surface area contributed by atoms with Crippen LogP contribution in [0, 0.1) is 5.41 Å². The number of rotatable bonds is 7. The molecule has 0 unspecified atom stereocenters. The lowest BCUT2D eigenvalue weighted by molar-refractivity contribution is -0.140. The maximum atomic E-state index is 12.0. The molecule has 1 aliphatic carbocycles. The van der Waals surface area contributed by atoms with Crippen LogP contribution in [-0.2, 0) is 9.59 Å². The quantitative estimate of drug-likeness (QED) is 0.735. The van der Waals surface area contributed by atoms with Crippen molar-refractivity contribution in [1.29, 1.82) is 0 Å². The second-order valence-corrected chi connectivity index (χ2v) is 5.54. The highest BCUT2D eigenvalue weighted by Gasteiger charge is 2.38. The molecule has 0 aliphatic heterocycles. The second kappa shape index (κ2) is 6.76. The van der Waals surface area contributed by atoms with Gasteiger partial charge in [0.1, 0.15) is 0 Å². The predicted octanol–water partition coefficient (Wildman–Crippen LogP) is 2.72. The van der Waals surface area contributed by atoms with Crippen LogP contribution in [0.25, 0.3) is 0 Å². The third kappa shape index (κ3) is 4.31. The second-order valence-electron chi connectivity index (χ2n) is 5.54. The summed E-state index contributed by atoms with van der Waals surface area (Å²) in [4.78, 5) is 23.0. The Morgan fingerprint density at radius 1 is 1.17 bits per heavy atom. The zero-order valence-corrected chi connectivity index (χ0v) is 11.5. The summed E-state index contributed by atoms with van der Waals surface area (Å²) in [6, 6.07) is 0.223. The summed E-state index contributed by atoms with van der Waals surface area (Å²) >= 11 is 0. The highest BCUT2D eigenvalue weighted by atomic mass is 16.4. The molecule has 0 aromatic heterocycles.